The predicted octanol–water partition coefficient (Wildman–Crippen LogP) is 8.04. The molecular weight excluding hydrogens is 843 g/mol. The quantitative estimate of drug-likeness (QED) is 0.0116. The summed E-state index contributed by atoms with van der Waals surface area (Å²) in [6, 6.07) is 0. The molecule has 14 nitrogen and oxygen atoms in total. The zero-order valence-electron chi connectivity index (χ0n) is 38.0. The fourth-order valence-corrected chi connectivity index (χ4v) is 7.45. The van der Waals surface area contributed by atoms with Crippen LogP contribution in [0.25, 0.3) is 0 Å². The third kappa shape index (κ3) is 26.6. The van der Waals surface area contributed by atoms with Gasteiger partial charge in [0.25, 0.3) is 0 Å². The highest BCUT2D eigenvalue weighted by atomic mass is 31.2. The molecule has 1 saturated carbocycles. The minimum absolute atomic E-state index is 0.0460. The van der Waals surface area contributed by atoms with Gasteiger partial charge in [-0.3, -0.25) is 18.6 Å². The largest absolute Gasteiger partial charge is 0.472 e. The fraction of sp³-hybridized carbons (Fsp3) is 0.633. The van der Waals surface area contributed by atoms with Crippen molar-refractivity contribution < 1.29 is 67.8 Å². The van der Waals surface area contributed by atoms with Crippen molar-refractivity contribution in [3.05, 3.63) is 97.2 Å². The number of phosphoric ester groups is 1. The molecule has 6 N–H and O–H groups in total. The lowest BCUT2D eigenvalue weighted by Gasteiger charge is -2.41. The molecule has 2 fully saturated rings. The van der Waals surface area contributed by atoms with Crippen molar-refractivity contribution in [2.24, 2.45) is 0 Å². The van der Waals surface area contributed by atoms with E-state index >= 15 is 0 Å². The molecule has 0 bridgehead atoms. The van der Waals surface area contributed by atoms with Crippen molar-refractivity contribution in [3.63, 3.8) is 0 Å². The number of unbranched alkanes of at least 4 members (excludes halogenated alkanes) is 5. The van der Waals surface area contributed by atoms with E-state index in [9.17, 15) is 44.6 Å². The van der Waals surface area contributed by atoms with Crippen LogP contribution in [0.3, 0.4) is 0 Å². The van der Waals surface area contributed by atoms with Crippen LogP contribution >= 0.6 is 7.82 Å². The molecule has 5 unspecified atom stereocenters. The first-order valence-electron chi connectivity index (χ1n) is 23.2. The zero-order valence-corrected chi connectivity index (χ0v) is 38.9. The van der Waals surface area contributed by atoms with E-state index in [1.165, 1.54) is 19.3 Å². The van der Waals surface area contributed by atoms with E-state index in [1.54, 1.807) is 0 Å². The summed E-state index contributed by atoms with van der Waals surface area (Å²) in [6.45, 7) is 3.03. The van der Waals surface area contributed by atoms with Gasteiger partial charge >= 0.3 is 19.8 Å². The van der Waals surface area contributed by atoms with Gasteiger partial charge in [-0.05, 0) is 89.9 Å². The van der Waals surface area contributed by atoms with Gasteiger partial charge in [0.05, 0.1) is 18.8 Å². The highest BCUT2D eigenvalue weighted by molar-refractivity contribution is 7.47. The molecule has 0 amide bonds. The Morgan fingerprint density at radius 3 is 1.56 bits per heavy atom. The van der Waals surface area contributed by atoms with E-state index in [0.29, 0.717) is 31.5 Å². The van der Waals surface area contributed by atoms with Gasteiger partial charge in [0, 0.05) is 12.8 Å². The second-order valence-electron chi connectivity index (χ2n) is 15.9. The zero-order chi connectivity index (χ0) is 46.8. The number of esters is 2. The highest BCUT2D eigenvalue weighted by Gasteiger charge is 2.51. The Hall–Kier alpha value is -3.27. The second kappa shape index (κ2) is 35.0. The summed E-state index contributed by atoms with van der Waals surface area (Å²) < 4.78 is 39.1. The van der Waals surface area contributed by atoms with E-state index in [-0.39, 0.29) is 12.8 Å². The van der Waals surface area contributed by atoms with E-state index in [0.717, 1.165) is 64.2 Å². The van der Waals surface area contributed by atoms with Crippen molar-refractivity contribution in [1.82, 2.24) is 0 Å². The standard InChI is InChI=1S/C49H77O14P/c1-3-5-7-8-9-10-11-12-13-14-18-21-24-27-31-35-42(50)59-37-39(38-60-64(57,58)63-49-47(55)45(53)44(52)46(54)48(49)56)61-43(51)36-32-28-25-22-19-16-15-17-20-23-26-30-34-41-40(62-41)33-29-6-4-2/h6,9-10,12-13,16-21,25-26,28-30,39-41,44-49,52-56H,3-5,7-8,11,14-15,22-24,27,31-38H2,1-2H3,(H,57,58)/b10-9-,13-12-,19-16-,20-17-,21-18-,28-25-,29-6-,30-26-/t39-,40?,41?,44?,45-,46+,47-,48-,49?/m1/s1. The van der Waals surface area contributed by atoms with Crippen molar-refractivity contribution in [1.29, 1.82) is 0 Å². The molecule has 0 spiro atoms. The monoisotopic (exact) mass is 921 g/mol. The molecule has 64 heavy (non-hydrogen) atoms. The number of ether oxygens (including phenoxy) is 3. The molecular formula is C49H77O14P. The van der Waals surface area contributed by atoms with Gasteiger partial charge in [-0.1, -0.05) is 124 Å². The Morgan fingerprint density at radius 1 is 0.562 bits per heavy atom. The number of carbonyl (C=O) groups is 2. The molecule has 0 aromatic heterocycles. The van der Waals surface area contributed by atoms with Gasteiger partial charge < -0.3 is 44.6 Å². The lowest BCUT2D eigenvalue weighted by atomic mass is 9.85. The average molecular weight is 921 g/mol. The number of aliphatic hydroxyl groups is 5. The van der Waals surface area contributed by atoms with Gasteiger partial charge in [-0.2, -0.15) is 0 Å². The predicted molar refractivity (Wildman–Crippen MR) is 248 cm³/mol. The van der Waals surface area contributed by atoms with E-state index in [2.05, 4.69) is 92.8 Å². The van der Waals surface area contributed by atoms with Gasteiger partial charge in [0.2, 0.25) is 0 Å². The number of hydrogen-bond acceptors (Lipinski definition) is 13. The maximum absolute atomic E-state index is 12.8. The van der Waals surface area contributed by atoms with Crippen LogP contribution < -0.4 is 0 Å². The Balaban J connectivity index is 1.76. The van der Waals surface area contributed by atoms with Crippen LogP contribution in [-0.4, -0.2) is 111 Å². The minimum Gasteiger partial charge on any atom is -0.462 e. The van der Waals surface area contributed by atoms with Crippen LogP contribution in [0.2, 0.25) is 0 Å². The maximum atomic E-state index is 12.8. The number of aliphatic hydroxyl groups excluding tert-OH is 5. The van der Waals surface area contributed by atoms with Crippen LogP contribution in [-0.2, 0) is 37.4 Å². The minimum atomic E-state index is -5.16. The lowest BCUT2D eigenvalue weighted by Crippen LogP contribution is -2.64. The number of allylic oxidation sites excluding steroid dienone is 14. The third-order valence-electron chi connectivity index (χ3n) is 10.3. The molecule has 362 valence electrons. The molecule has 10 atom stereocenters. The highest BCUT2D eigenvalue weighted by Crippen LogP contribution is 2.47. The average Bonchev–Trinajstić information content (AvgIpc) is 4.03. The van der Waals surface area contributed by atoms with Crippen LogP contribution in [0.5, 0.6) is 0 Å². The first kappa shape index (κ1) is 56.9. The normalized spacial score (nSPS) is 25.6. The molecule has 15 heteroatoms. The molecule has 1 heterocycles. The number of epoxide rings is 1. The Bertz CT molecular complexity index is 1550. The van der Waals surface area contributed by atoms with E-state index in [1.807, 2.05) is 18.2 Å². The summed E-state index contributed by atoms with van der Waals surface area (Å²) in [4.78, 5) is 35.7. The Labute approximate surface area is 381 Å². The first-order valence-corrected chi connectivity index (χ1v) is 24.7. The Kier molecular flexibility index (Phi) is 31.1. The molecule has 1 aliphatic heterocycles. The van der Waals surface area contributed by atoms with Crippen LogP contribution in [0.1, 0.15) is 129 Å². The van der Waals surface area contributed by atoms with Crippen LogP contribution in [0, 0.1) is 0 Å². The Morgan fingerprint density at radius 2 is 1.03 bits per heavy atom. The molecule has 0 aromatic rings. The molecule has 1 saturated heterocycles. The molecule has 2 aliphatic rings. The molecule has 1 aliphatic carbocycles. The van der Waals surface area contributed by atoms with Crippen molar-refractivity contribution >= 4 is 19.8 Å². The molecule has 2 rings (SSSR count). The van der Waals surface area contributed by atoms with Crippen molar-refractivity contribution in [2.75, 3.05) is 13.2 Å². The summed E-state index contributed by atoms with van der Waals surface area (Å²) in [6.07, 6.45) is 35.1. The van der Waals surface area contributed by atoms with Crippen LogP contribution in [0.4, 0.5) is 0 Å². The SMILES string of the molecule is CC/C=C\CC1OC1C/C=C\C/C=C\C/C=C\C/C=C\CCC(=O)O[C@H](COC(=O)CCCC/C=C\C/C=C\C/C=C\CCCCC)COP(=O)(O)OC1[C@H](O)[C@H](O)C(O)[C@H](O)[C@H]1O. The number of phosphoric acid groups is 1. The van der Waals surface area contributed by atoms with Gasteiger partial charge in [-0.25, -0.2) is 4.57 Å². The smallest absolute Gasteiger partial charge is 0.462 e. The summed E-state index contributed by atoms with van der Waals surface area (Å²) in [5.74, 6) is -1.26. The van der Waals surface area contributed by atoms with Gasteiger partial charge in [0.1, 0.15) is 43.2 Å². The number of carbonyl (C=O) groups excluding carboxylic acids is 2. The summed E-state index contributed by atoms with van der Waals surface area (Å²) in [5, 5.41) is 50.1. The van der Waals surface area contributed by atoms with Gasteiger partial charge in [-0.15, -0.1) is 0 Å². The third-order valence-corrected chi connectivity index (χ3v) is 11.3. The summed E-state index contributed by atoms with van der Waals surface area (Å²) in [7, 11) is -5.16. The fourth-order valence-electron chi connectivity index (χ4n) is 6.48. The summed E-state index contributed by atoms with van der Waals surface area (Å²) >= 11 is 0. The molecule has 0 aromatic carbocycles. The number of rotatable bonds is 35. The van der Waals surface area contributed by atoms with Crippen LogP contribution in [0.15, 0.2) is 97.2 Å². The molecule has 0 radical (unpaired) electrons. The maximum Gasteiger partial charge on any atom is 0.472 e. The van der Waals surface area contributed by atoms with Crippen molar-refractivity contribution in [3.8, 4) is 0 Å². The van der Waals surface area contributed by atoms with Gasteiger partial charge in [0.15, 0.2) is 6.10 Å². The van der Waals surface area contributed by atoms with Crippen molar-refractivity contribution in [2.45, 2.75) is 184 Å². The van der Waals surface area contributed by atoms with E-state index < -0.39 is 75.7 Å². The lowest BCUT2D eigenvalue weighted by molar-refractivity contribution is -0.220. The second-order valence-corrected chi connectivity index (χ2v) is 17.3. The summed E-state index contributed by atoms with van der Waals surface area (Å²) in [5.41, 5.74) is 0. The first-order chi connectivity index (χ1) is 30.9. The van der Waals surface area contributed by atoms with E-state index in [4.69, 9.17) is 23.3 Å². The topological polar surface area (TPSA) is 222 Å². The number of hydrogen-bond donors (Lipinski definition) is 6.